The highest BCUT2D eigenvalue weighted by molar-refractivity contribution is 5.61. The molecule has 0 unspecified atom stereocenters. The van der Waals surface area contributed by atoms with Crippen LogP contribution in [0.25, 0.3) is 17.5 Å². The predicted molar refractivity (Wildman–Crippen MR) is 106 cm³/mol. The molecule has 0 aliphatic heterocycles. The first-order valence-corrected chi connectivity index (χ1v) is 8.82. The second kappa shape index (κ2) is 8.08. The summed E-state index contributed by atoms with van der Waals surface area (Å²) in [6.45, 7) is 8.64. The van der Waals surface area contributed by atoms with E-state index in [1.165, 1.54) is 11.1 Å². The molecular weight excluding hydrogens is 340 g/mol. The van der Waals surface area contributed by atoms with Gasteiger partial charge in [-0.15, -0.1) is 0 Å². The lowest BCUT2D eigenvalue weighted by Crippen LogP contribution is -1.99. The average molecular weight is 364 g/mol. The standard InChI is InChI=1S/C22H24N2O3/c1-14(2)10-21-23-22(24-27-21)18-8-9-19(20(12-18)25-5)26-13-17-7-6-15(3)16(4)11-17/h6-12H,13H2,1-5H3. The van der Waals surface area contributed by atoms with Gasteiger partial charge in [0.25, 0.3) is 5.89 Å². The molecule has 0 fully saturated rings. The maximum absolute atomic E-state index is 5.96. The number of hydrogen-bond donors (Lipinski definition) is 0. The van der Waals surface area contributed by atoms with E-state index in [-0.39, 0.29) is 0 Å². The Kier molecular flexibility index (Phi) is 5.60. The van der Waals surface area contributed by atoms with Gasteiger partial charge in [0.2, 0.25) is 5.82 Å². The van der Waals surface area contributed by atoms with Gasteiger partial charge in [-0.3, -0.25) is 0 Å². The topological polar surface area (TPSA) is 57.4 Å². The van der Waals surface area contributed by atoms with Crippen molar-refractivity contribution in [3.8, 4) is 22.9 Å². The molecular formula is C22H24N2O3. The minimum Gasteiger partial charge on any atom is -0.493 e. The Morgan fingerprint density at radius 2 is 1.85 bits per heavy atom. The van der Waals surface area contributed by atoms with Crippen LogP contribution >= 0.6 is 0 Å². The predicted octanol–water partition coefficient (Wildman–Crippen LogP) is 5.36. The van der Waals surface area contributed by atoms with Crippen molar-refractivity contribution in [2.24, 2.45) is 0 Å². The van der Waals surface area contributed by atoms with E-state index in [1.54, 1.807) is 7.11 Å². The summed E-state index contributed by atoms with van der Waals surface area (Å²) in [7, 11) is 1.62. The maximum Gasteiger partial charge on any atom is 0.250 e. The average Bonchev–Trinajstić information content (AvgIpc) is 3.10. The van der Waals surface area contributed by atoms with Gasteiger partial charge in [0.1, 0.15) is 6.61 Å². The third kappa shape index (κ3) is 4.56. The summed E-state index contributed by atoms with van der Waals surface area (Å²) in [5.41, 5.74) is 5.55. The Morgan fingerprint density at radius 3 is 2.56 bits per heavy atom. The molecule has 2 aromatic carbocycles. The Labute approximate surface area is 159 Å². The third-order valence-electron chi connectivity index (χ3n) is 4.24. The van der Waals surface area contributed by atoms with Crippen LogP contribution in [-0.2, 0) is 6.61 Å². The van der Waals surface area contributed by atoms with E-state index in [0.717, 1.165) is 16.7 Å². The molecule has 0 aliphatic rings. The third-order valence-corrected chi connectivity index (χ3v) is 4.24. The van der Waals surface area contributed by atoms with Gasteiger partial charge in [-0.25, -0.2) is 0 Å². The lowest BCUT2D eigenvalue weighted by molar-refractivity contribution is 0.284. The Hall–Kier alpha value is -3.08. The molecule has 5 nitrogen and oxygen atoms in total. The summed E-state index contributed by atoms with van der Waals surface area (Å²) < 4.78 is 16.7. The van der Waals surface area contributed by atoms with Gasteiger partial charge in [0, 0.05) is 11.6 Å². The van der Waals surface area contributed by atoms with Crippen molar-refractivity contribution in [3.63, 3.8) is 0 Å². The lowest BCUT2D eigenvalue weighted by atomic mass is 10.1. The molecule has 3 aromatic rings. The number of aromatic nitrogens is 2. The largest absolute Gasteiger partial charge is 0.493 e. The number of hydrogen-bond acceptors (Lipinski definition) is 5. The van der Waals surface area contributed by atoms with E-state index in [0.29, 0.717) is 29.8 Å². The summed E-state index contributed by atoms with van der Waals surface area (Å²) in [5.74, 6) is 2.30. The SMILES string of the molecule is COc1cc(-c2noc(C=C(C)C)n2)ccc1OCc1ccc(C)c(C)c1. The summed E-state index contributed by atoms with van der Waals surface area (Å²) in [6, 6.07) is 11.9. The molecule has 0 spiro atoms. The second-order valence-electron chi connectivity index (χ2n) is 6.75. The van der Waals surface area contributed by atoms with Gasteiger partial charge < -0.3 is 14.0 Å². The molecule has 1 heterocycles. The van der Waals surface area contributed by atoms with Crippen LogP contribution in [0.3, 0.4) is 0 Å². The molecule has 0 aliphatic carbocycles. The first-order chi connectivity index (χ1) is 13.0. The minimum atomic E-state index is 0.476. The number of benzene rings is 2. The Bertz CT molecular complexity index is 969. The highest BCUT2D eigenvalue weighted by atomic mass is 16.5. The molecule has 3 rings (SSSR count). The van der Waals surface area contributed by atoms with Crippen molar-refractivity contribution < 1.29 is 14.0 Å². The highest BCUT2D eigenvalue weighted by Gasteiger charge is 2.12. The lowest BCUT2D eigenvalue weighted by Gasteiger charge is -2.12. The van der Waals surface area contributed by atoms with E-state index in [1.807, 2.05) is 38.1 Å². The van der Waals surface area contributed by atoms with Gasteiger partial charge in [-0.1, -0.05) is 28.9 Å². The van der Waals surface area contributed by atoms with Crippen LogP contribution in [0, 0.1) is 13.8 Å². The minimum absolute atomic E-state index is 0.476. The zero-order valence-electron chi connectivity index (χ0n) is 16.4. The van der Waals surface area contributed by atoms with Crippen LogP contribution < -0.4 is 9.47 Å². The van der Waals surface area contributed by atoms with Gasteiger partial charge in [-0.2, -0.15) is 4.98 Å². The molecule has 0 saturated carbocycles. The molecule has 0 bridgehead atoms. The Morgan fingerprint density at radius 1 is 1.04 bits per heavy atom. The van der Waals surface area contributed by atoms with Crippen molar-refractivity contribution >= 4 is 6.08 Å². The summed E-state index contributed by atoms with van der Waals surface area (Å²) in [5, 5.41) is 4.03. The number of nitrogens with zero attached hydrogens (tertiary/aromatic N) is 2. The van der Waals surface area contributed by atoms with Crippen LogP contribution in [0.4, 0.5) is 0 Å². The maximum atomic E-state index is 5.96. The number of allylic oxidation sites excluding steroid dienone is 1. The summed E-state index contributed by atoms with van der Waals surface area (Å²) in [4.78, 5) is 4.39. The molecule has 0 saturated heterocycles. The number of ether oxygens (including phenoxy) is 2. The first kappa shape index (κ1) is 18.7. The second-order valence-corrected chi connectivity index (χ2v) is 6.75. The van der Waals surface area contributed by atoms with E-state index < -0.39 is 0 Å². The van der Waals surface area contributed by atoms with Gasteiger partial charge >= 0.3 is 0 Å². The van der Waals surface area contributed by atoms with Crippen molar-refractivity contribution in [1.82, 2.24) is 10.1 Å². The fourth-order valence-electron chi connectivity index (χ4n) is 2.64. The molecule has 27 heavy (non-hydrogen) atoms. The van der Waals surface area contributed by atoms with Crippen LogP contribution in [0.5, 0.6) is 11.5 Å². The fourth-order valence-corrected chi connectivity index (χ4v) is 2.64. The van der Waals surface area contributed by atoms with E-state index >= 15 is 0 Å². The summed E-state index contributed by atoms with van der Waals surface area (Å²) in [6.07, 6.45) is 1.84. The zero-order chi connectivity index (χ0) is 19.4. The molecule has 0 radical (unpaired) electrons. The molecule has 0 N–H and O–H groups in total. The molecule has 0 amide bonds. The van der Waals surface area contributed by atoms with Crippen molar-refractivity contribution in [3.05, 3.63) is 64.6 Å². The van der Waals surface area contributed by atoms with Gasteiger partial charge in [0.15, 0.2) is 11.5 Å². The van der Waals surface area contributed by atoms with Crippen LogP contribution in [-0.4, -0.2) is 17.3 Å². The van der Waals surface area contributed by atoms with Crippen molar-refractivity contribution in [1.29, 1.82) is 0 Å². The fraction of sp³-hybridized carbons (Fsp3) is 0.273. The molecule has 5 heteroatoms. The number of aryl methyl sites for hydroxylation is 2. The van der Waals surface area contributed by atoms with E-state index in [2.05, 4.69) is 42.2 Å². The van der Waals surface area contributed by atoms with Crippen molar-refractivity contribution in [2.75, 3.05) is 7.11 Å². The highest BCUT2D eigenvalue weighted by Crippen LogP contribution is 2.32. The smallest absolute Gasteiger partial charge is 0.250 e. The Balaban J connectivity index is 1.78. The normalized spacial score (nSPS) is 10.6. The van der Waals surface area contributed by atoms with Gasteiger partial charge in [0.05, 0.1) is 7.11 Å². The van der Waals surface area contributed by atoms with Crippen LogP contribution in [0.15, 0.2) is 46.5 Å². The van der Waals surface area contributed by atoms with Crippen LogP contribution in [0.1, 0.15) is 36.4 Å². The van der Waals surface area contributed by atoms with E-state index in [9.17, 15) is 0 Å². The zero-order valence-corrected chi connectivity index (χ0v) is 16.4. The molecule has 1 aromatic heterocycles. The quantitative estimate of drug-likeness (QED) is 0.589. The summed E-state index contributed by atoms with van der Waals surface area (Å²) >= 11 is 0. The first-order valence-electron chi connectivity index (χ1n) is 8.82. The van der Waals surface area contributed by atoms with Crippen LogP contribution in [0.2, 0.25) is 0 Å². The monoisotopic (exact) mass is 364 g/mol. The van der Waals surface area contributed by atoms with Crippen molar-refractivity contribution in [2.45, 2.75) is 34.3 Å². The molecule has 140 valence electrons. The van der Waals surface area contributed by atoms with E-state index in [4.69, 9.17) is 14.0 Å². The van der Waals surface area contributed by atoms with Gasteiger partial charge in [-0.05, 0) is 62.6 Å². The number of methoxy groups -OCH3 is 1. The number of rotatable bonds is 6. The molecule has 0 atom stereocenters.